The fraction of sp³-hybridized carbons (Fsp3) is 0.786. The molecule has 0 fully saturated rings. The molecule has 0 aliphatic carbocycles. The van der Waals surface area contributed by atoms with E-state index in [2.05, 4.69) is 17.3 Å². The highest BCUT2D eigenvalue weighted by Crippen LogP contribution is 2.23. The summed E-state index contributed by atoms with van der Waals surface area (Å²) in [4.78, 5) is 0.372. The van der Waals surface area contributed by atoms with Gasteiger partial charge in [0, 0.05) is 19.6 Å². The SMILES string of the molecule is CCCCN(CC)S(=O)(=O)c1c(C)nn(CCNC)c1C. The molecule has 122 valence electrons. The van der Waals surface area contributed by atoms with E-state index in [9.17, 15) is 8.42 Å². The number of aryl methyl sites for hydroxylation is 1. The fourth-order valence-electron chi connectivity index (χ4n) is 2.40. The largest absolute Gasteiger partial charge is 0.318 e. The maximum absolute atomic E-state index is 12.9. The monoisotopic (exact) mass is 316 g/mol. The number of nitrogens with one attached hydrogen (secondary N) is 1. The molecule has 1 N–H and O–H groups in total. The Kier molecular flexibility index (Phi) is 6.83. The molecule has 6 nitrogen and oxygen atoms in total. The summed E-state index contributed by atoms with van der Waals surface area (Å²) >= 11 is 0. The normalized spacial score (nSPS) is 12.3. The van der Waals surface area contributed by atoms with Crippen molar-refractivity contribution in [3.8, 4) is 0 Å². The van der Waals surface area contributed by atoms with Gasteiger partial charge in [-0.05, 0) is 27.3 Å². The van der Waals surface area contributed by atoms with Crippen LogP contribution in [-0.4, -0.2) is 49.2 Å². The summed E-state index contributed by atoms with van der Waals surface area (Å²) in [5.41, 5.74) is 1.30. The Morgan fingerprint density at radius 1 is 1.29 bits per heavy atom. The van der Waals surface area contributed by atoms with Gasteiger partial charge < -0.3 is 5.32 Å². The second-order valence-electron chi connectivity index (χ2n) is 5.18. The van der Waals surface area contributed by atoms with Crippen molar-refractivity contribution < 1.29 is 8.42 Å². The summed E-state index contributed by atoms with van der Waals surface area (Å²) in [6.07, 6.45) is 1.85. The van der Waals surface area contributed by atoms with E-state index in [4.69, 9.17) is 0 Å². The molecule has 0 spiro atoms. The van der Waals surface area contributed by atoms with Crippen molar-refractivity contribution in [2.45, 2.75) is 52.0 Å². The number of hydrogen-bond acceptors (Lipinski definition) is 4. The Morgan fingerprint density at radius 3 is 2.48 bits per heavy atom. The highest BCUT2D eigenvalue weighted by atomic mass is 32.2. The van der Waals surface area contributed by atoms with Crippen LogP contribution < -0.4 is 5.32 Å². The summed E-state index contributed by atoms with van der Waals surface area (Å²) in [7, 11) is -1.59. The van der Waals surface area contributed by atoms with Crippen LogP contribution in [0.2, 0.25) is 0 Å². The average Bonchev–Trinajstić information content (AvgIpc) is 2.72. The van der Waals surface area contributed by atoms with Crippen LogP contribution in [0.15, 0.2) is 4.90 Å². The van der Waals surface area contributed by atoms with E-state index in [-0.39, 0.29) is 0 Å². The molecular weight excluding hydrogens is 288 g/mol. The van der Waals surface area contributed by atoms with Gasteiger partial charge in [-0.1, -0.05) is 20.3 Å². The van der Waals surface area contributed by atoms with Gasteiger partial charge in [-0.2, -0.15) is 9.40 Å². The lowest BCUT2D eigenvalue weighted by molar-refractivity contribution is 0.418. The Morgan fingerprint density at radius 2 is 1.95 bits per heavy atom. The minimum atomic E-state index is -3.46. The molecule has 1 aromatic heterocycles. The standard InChI is InChI=1S/C14H28N4O2S/c1-6-8-10-17(7-2)21(19,20)14-12(3)16-18(13(14)4)11-9-15-5/h15H,6-11H2,1-5H3. The number of rotatable bonds is 9. The molecule has 0 amide bonds. The van der Waals surface area contributed by atoms with E-state index >= 15 is 0 Å². The first-order valence-corrected chi connectivity index (χ1v) is 9.02. The van der Waals surface area contributed by atoms with Gasteiger partial charge in [0.2, 0.25) is 10.0 Å². The Hall–Kier alpha value is -0.920. The molecule has 0 aliphatic heterocycles. The molecule has 1 heterocycles. The first kappa shape index (κ1) is 18.1. The molecule has 21 heavy (non-hydrogen) atoms. The first-order chi connectivity index (χ1) is 9.89. The molecule has 0 atom stereocenters. The topological polar surface area (TPSA) is 67.2 Å². The van der Waals surface area contributed by atoms with Gasteiger partial charge in [0.05, 0.1) is 17.9 Å². The van der Waals surface area contributed by atoms with Crippen molar-refractivity contribution in [1.29, 1.82) is 0 Å². The van der Waals surface area contributed by atoms with Crippen molar-refractivity contribution in [2.75, 3.05) is 26.7 Å². The number of hydrogen-bond donors (Lipinski definition) is 1. The van der Waals surface area contributed by atoms with Crippen molar-refractivity contribution >= 4 is 10.0 Å². The summed E-state index contributed by atoms with van der Waals surface area (Å²) in [6.45, 7) is 10.0. The maximum atomic E-state index is 12.9. The Labute approximate surface area is 128 Å². The van der Waals surface area contributed by atoms with Crippen LogP contribution in [0.3, 0.4) is 0 Å². The molecule has 1 rings (SSSR count). The number of likely N-dealkylation sites (N-methyl/N-ethyl adjacent to an activating group) is 1. The van der Waals surface area contributed by atoms with Crippen LogP contribution in [0, 0.1) is 13.8 Å². The minimum absolute atomic E-state index is 0.372. The second-order valence-corrected chi connectivity index (χ2v) is 7.05. The summed E-state index contributed by atoms with van der Waals surface area (Å²) in [5, 5.41) is 7.43. The zero-order valence-corrected chi connectivity index (χ0v) is 14.6. The van der Waals surface area contributed by atoms with Crippen LogP contribution in [0.25, 0.3) is 0 Å². The third-order valence-corrected chi connectivity index (χ3v) is 5.83. The van der Waals surface area contributed by atoms with Gasteiger partial charge in [-0.15, -0.1) is 0 Å². The molecule has 0 saturated heterocycles. The van der Waals surface area contributed by atoms with E-state index in [0.29, 0.717) is 30.2 Å². The predicted molar refractivity (Wildman–Crippen MR) is 85.0 cm³/mol. The third-order valence-electron chi connectivity index (χ3n) is 3.60. The Bertz CT molecular complexity index is 552. The predicted octanol–water partition coefficient (Wildman–Crippen LogP) is 1.53. The van der Waals surface area contributed by atoms with E-state index < -0.39 is 10.0 Å². The van der Waals surface area contributed by atoms with Crippen LogP contribution in [-0.2, 0) is 16.6 Å². The van der Waals surface area contributed by atoms with Gasteiger partial charge in [-0.25, -0.2) is 8.42 Å². The highest BCUT2D eigenvalue weighted by Gasteiger charge is 2.29. The number of unbranched alkanes of at least 4 members (excludes halogenated alkanes) is 1. The smallest absolute Gasteiger partial charge is 0.246 e. The zero-order valence-electron chi connectivity index (χ0n) is 13.8. The van der Waals surface area contributed by atoms with E-state index in [1.54, 1.807) is 15.9 Å². The first-order valence-electron chi connectivity index (χ1n) is 7.58. The summed E-state index contributed by atoms with van der Waals surface area (Å²) < 4.78 is 29.0. The average molecular weight is 316 g/mol. The van der Waals surface area contributed by atoms with E-state index in [0.717, 1.165) is 25.1 Å². The van der Waals surface area contributed by atoms with Crippen molar-refractivity contribution in [1.82, 2.24) is 19.4 Å². The minimum Gasteiger partial charge on any atom is -0.318 e. The quantitative estimate of drug-likeness (QED) is 0.750. The van der Waals surface area contributed by atoms with Crippen molar-refractivity contribution in [3.05, 3.63) is 11.4 Å². The number of sulfonamides is 1. The number of aromatic nitrogens is 2. The van der Waals surface area contributed by atoms with Crippen molar-refractivity contribution in [2.24, 2.45) is 0 Å². The van der Waals surface area contributed by atoms with Gasteiger partial charge in [-0.3, -0.25) is 4.68 Å². The van der Waals surface area contributed by atoms with E-state index in [1.807, 2.05) is 20.9 Å². The summed E-state index contributed by atoms with van der Waals surface area (Å²) in [6, 6.07) is 0. The molecule has 0 radical (unpaired) electrons. The Balaban J connectivity index is 3.15. The molecule has 1 aromatic rings. The van der Waals surface area contributed by atoms with Gasteiger partial charge in [0.25, 0.3) is 0 Å². The van der Waals surface area contributed by atoms with Crippen molar-refractivity contribution in [3.63, 3.8) is 0 Å². The summed E-state index contributed by atoms with van der Waals surface area (Å²) in [5.74, 6) is 0. The van der Waals surface area contributed by atoms with Gasteiger partial charge in [0.15, 0.2) is 0 Å². The van der Waals surface area contributed by atoms with Crippen LogP contribution in [0.5, 0.6) is 0 Å². The second kappa shape index (κ2) is 7.91. The lowest BCUT2D eigenvalue weighted by Crippen LogP contribution is -2.32. The molecule has 0 aromatic carbocycles. The molecule has 0 bridgehead atoms. The molecular formula is C14H28N4O2S. The van der Waals surface area contributed by atoms with E-state index in [1.165, 1.54) is 0 Å². The lowest BCUT2D eigenvalue weighted by Gasteiger charge is -2.20. The van der Waals surface area contributed by atoms with Crippen LogP contribution >= 0.6 is 0 Å². The molecule has 0 saturated carbocycles. The number of nitrogens with zero attached hydrogens (tertiary/aromatic N) is 3. The lowest BCUT2D eigenvalue weighted by atomic mass is 10.3. The van der Waals surface area contributed by atoms with Crippen LogP contribution in [0.1, 0.15) is 38.1 Å². The van der Waals surface area contributed by atoms with Gasteiger partial charge >= 0.3 is 0 Å². The fourth-order valence-corrected chi connectivity index (χ4v) is 4.26. The zero-order chi connectivity index (χ0) is 16.0. The van der Waals surface area contributed by atoms with Gasteiger partial charge in [0.1, 0.15) is 4.90 Å². The molecule has 0 unspecified atom stereocenters. The molecule has 7 heteroatoms. The maximum Gasteiger partial charge on any atom is 0.246 e. The molecule has 0 aliphatic rings. The van der Waals surface area contributed by atoms with Crippen LogP contribution in [0.4, 0.5) is 0 Å². The highest BCUT2D eigenvalue weighted by molar-refractivity contribution is 7.89. The third kappa shape index (κ3) is 4.05.